The lowest BCUT2D eigenvalue weighted by atomic mass is 10.0. The molecule has 184 valence electrons. The maximum atomic E-state index is 13.9. The van der Waals surface area contributed by atoms with Crippen molar-refractivity contribution in [1.82, 2.24) is 15.1 Å². The van der Waals surface area contributed by atoms with E-state index in [1.807, 2.05) is 0 Å². The summed E-state index contributed by atoms with van der Waals surface area (Å²) in [4.78, 5) is 2.38. The topological polar surface area (TPSA) is 59.5 Å². The fourth-order valence-corrected chi connectivity index (χ4v) is 5.50. The van der Waals surface area contributed by atoms with Crippen LogP contribution in [0.15, 0.2) is 24.3 Å². The number of fused-ring (bicyclic) bond motifs is 1. The Hall–Kier alpha value is -2.30. The quantitative estimate of drug-likeness (QED) is 0.649. The number of nitrogens with one attached hydrogen (secondary N) is 1. The standard InChI is InChI=1S/C24H28F4N4O2/c1-14-2-3-17(25)8-20(14)22-9-21(24(26,27)28)23(31-30-22)29-18-6-15-10-32(11-16(15)7-18)12-19-13-33-4-5-34-19/h2-3,8-9,15-16,18-19H,4-7,10-13H2,1H3,(H,29,31)/t15-,16+,18+,19-/m0/s1. The van der Waals surface area contributed by atoms with Crippen LogP contribution in [-0.2, 0) is 15.7 Å². The number of anilines is 1. The van der Waals surface area contributed by atoms with Gasteiger partial charge in [-0.2, -0.15) is 13.2 Å². The van der Waals surface area contributed by atoms with Crippen LogP contribution in [0.5, 0.6) is 0 Å². The third kappa shape index (κ3) is 5.04. The molecule has 5 rings (SSSR count). The van der Waals surface area contributed by atoms with Crippen molar-refractivity contribution >= 4 is 5.82 Å². The predicted molar refractivity (Wildman–Crippen MR) is 118 cm³/mol. The second kappa shape index (κ2) is 9.39. The zero-order valence-electron chi connectivity index (χ0n) is 18.9. The predicted octanol–water partition coefficient (Wildman–Crippen LogP) is 4.15. The van der Waals surface area contributed by atoms with Gasteiger partial charge in [-0.05, 0) is 55.4 Å². The van der Waals surface area contributed by atoms with Crippen molar-refractivity contribution in [1.29, 1.82) is 0 Å². The number of rotatable bonds is 5. The van der Waals surface area contributed by atoms with Crippen molar-refractivity contribution in [2.75, 3.05) is 44.8 Å². The molecule has 1 N–H and O–H groups in total. The van der Waals surface area contributed by atoms with Crippen molar-refractivity contribution < 1.29 is 27.0 Å². The van der Waals surface area contributed by atoms with Crippen molar-refractivity contribution in [2.24, 2.45) is 11.8 Å². The molecular weight excluding hydrogens is 452 g/mol. The van der Waals surface area contributed by atoms with Crippen molar-refractivity contribution in [3.8, 4) is 11.3 Å². The summed E-state index contributed by atoms with van der Waals surface area (Å²) >= 11 is 0. The number of halogens is 4. The molecule has 0 radical (unpaired) electrons. The summed E-state index contributed by atoms with van der Waals surface area (Å²) in [6.45, 7) is 6.23. The van der Waals surface area contributed by atoms with Gasteiger partial charge in [0.1, 0.15) is 11.4 Å². The Morgan fingerprint density at radius 2 is 1.85 bits per heavy atom. The zero-order valence-corrected chi connectivity index (χ0v) is 18.9. The molecule has 0 amide bonds. The molecule has 0 unspecified atom stereocenters. The van der Waals surface area contributed by atoms with Gasteiger partial charge in [0.2, 0.25) is 0 Å². The number of ether oxygens (including phenoxy) is 2. The molecule has 3 heterocycles. The molecule has 1 saturated carbocycles. The van der Waals surface area contributed by atoms with Gasteiger partial charge in [0, 0.05) is 31.2 Å². The summed E-state index contributed by atoms with van der Waals surface area (Å²) in [5.74, 6) is 0.0595. The Morgan fingerprint density at radius 1 is 1.09 bits per heavy atom. The smallest absolute Gasteiger partial charge is 0.376 e. The average Bonchev–Trinajstić information content (AvgIpc) is 3.33. The minimum absolute atomic E-state index is 0.00252. The number of hydrogen-bond donors (Lipinski definition) is 1. The summed E-state index contributed by atoms with van der Waals surface area (Å²) in [7, 11) is 0. The van der Waals surface area contributed by atoms with E-state index in [1.165, 1.54) is 18.2 Å². The average molecular weight is 481 g/mol. The minimum atomic E-state index is -4.61. The maximum Gasteiger partial charge on any atom is 0.420 e. The van der Waals surface area contributed by atoms with E-state index >= 15 is 0 Å². The third-order valence-corrected chi connectivity index (χ3v) is 7.09. The van der Waals surface area contributed by atoms with Gasteiger partial charge in [-0.15, -0.1) is 10.2 Å². The lowest BCUT2D eigenvalue weighted by molar-refractivity contribution is -0.137. The molecule has 4 atom stereocenters. The van der Waals surface area contributed by atoms with Gasteiger partial charge in [0.25, 0.3) is 0 Å². The number of likely N-dealkylation sites (tertiary alicyclic amines) is 1. The molecule has 1 aromatic heterocycles. The van der Waals surface area contributed by atoms with Crippen molar-refractivity contribution in [3.05, 3.63) is 41.2 Å². The van der Waals surface area contributed by atoms with Crippen LogP contribution in [0.25, 0.3) is 11.3 Å². The molecule has 3 fully saturated rings. The Labute approximate surface area is 195 Å². The van der Waals surface area contributed by atoms with E-state index in [-0.39, 0.29) is 23.7 Å². The fraction of sp³-hybridized carbons (Fsp3) is 0.583. The normalized spacial score (nSPS) is 27.7. The largest absolute Gasteiger partial charge is 0.420 e. The molecule has 1 aliphatic carbocycles. The Kier molecular flexibility index (Phi) is 6.47. The lowest BCUT2D eigenvalue weighted by Gasteiger charge is -2.28. The van der Waals surface area contributed by atoms with Gasteiger partial charge in [-0.3, -0.25) is 0 Å². The Morgan fingerprint density at radius 3 is 2.53 bits per heavy atom. The van der Waals surface area contributed by atoms with Crippen LogP contribution in [0.3, 0.4) is 0 Å². The van der Waals surface area contributed by atoms with E-state index in [4.69, 9.17) is 9.47 Å². The van der Waals surface area contributed by atoms with Crippen LogP contribution in [0.1, 0.15) is 24.0 Å². The molecule has 10 heteroatoms. The van der Waals surface area contributed by atoms with Crippen LogP contribution in [0, 0.1) is 24.6 Å². The first-order valence-corrected chi connectivity index (χ1v) is 11.7. The van der Waals surface area contributed by atoms with E-state index in [1.54, 1.807) is 6.92 Å². The highest BCUT2D eigenvalue weighted by atomic mass is 19.4. The van der Waals surface area contributed by atoms with Crippen molar-refractivity contribution in [3.63, 3.8) is 0 Å². The molecule has 1 aromatic carbocycles. The fourth-order valence-electron chi connectivity index (χ4n) is 5.50. The van der Waals surface area contributed by atoms with E-state index < -0.39 is 17.6 Å². The van der Waals surface area contributed by atoms with Crippen LogP contribution in [0.2, 0.25) is 0 Å². The molecule has 6 nitrogen and oxygen atoms in total. The second-order valence-electron chi connectivity index (χ2n) is 9.57. The summed E-state index contributed by atoms with van der Waals surface area (Å²) in [6, 6.07) is 4.83. The first-order valence-electron chi connectivity index (χ1n) is 11.7. The van der Waals surface area contributed by atoms with Crippen LogP contribution in [0.4, 0.5) is 23.4 Å². The summed E-state index contributed by atoms with van der Waals surface area (Å²) < 4.78 is 66.6. The molecular formula is C24H28F4N4O2. The van der Waals surface area contributed by atoms with Gasteiger partial charge in [-0.25, -0.2) is 4.39 Å². The minimum Gasteiger partial charge on any atom is -0.376 e. The SMILES string of the molecule is Cc1ccc(F)cc1-c1cc(C(F)(F)F)c(N[C@H]2C[C@@H]3CN(C[C@H]4COCCO4)C[C@@H]3C2)nn1. The molecule has 2 aliphatic heterocycles. The number of benzene rings is 1. The first-order chi connectivity index (χ1) is 16.3. The summed E-state index contributed by atoms with van der Waals surface area (Å²) in [5.41, 5.74) is 0.0484. The molecule has 2 saturated heterocycles. The van der Waals surface area contributed by atoms with Gasteiger partial charge in [-0.1, -0.05) is 6.07 Å². The van der Waals surface area contributed by atoms with E-state index in [0.29, 0.717) is 42.8 Å². The van der Waals surface area contributed by atoms with Gasteiger partial charge in [0.15, 0.2) is 5.82 Å². The molecule has 2 aromatic rings. The highest BCUT2D eigenvalue weighted by Gasteiger charge is 2.43. The molecule has 34 heavy (non-hydrogen) atoms. The lowest BCUT2D eigenvalue weighted by Crippen LogP contribution is -2.39. The van der Waals surface area contributed by atoms with Crippen molar-refractivity contribution in [2.45, 2.75) is 38.1 Å². The van der Waals surface area contributed by atoms with Crippen LogP contribution >= 0.6 is 0 Å². The zero-order chi connectivity index (χ0) is 23.9. The van der Waals surface area contributed by atoms with E-state index in [0.717, 1.165) is 38.5 Å². The number of alkyl halides is 3. The summed E-state index contributed by atoms with van der Waals surface area (Å²) in [5, 5.41) is 10.9. The monoisotopic (exact) mass is 480 g/mol. The highest BCUT2D eigenvalue weighted by molar-refractivity contribution is 5.65. The molecule has 0 spiro atoms. The third-order valence-electron chi connectivity index (χ3n) is 7.09. The highest BCUT2D eigenvalue weighted by Crippen LogP contribution is 2.41. The number of nitrogens with zero attached hydrogens (tertiary/aromatic N) is 3. The maximum absolute atomic E-state index is 13.9. The van der Waals surface area contributed by atoms with E-state index in [2.05, 4.69) is 20.4 Å². The second-order valence-corrected chi connectivity index (χ2v) is 9.57. The number of hydrogen-bond acceptors (Lipinski definition) is 6. The van der Waals surface area contributed by atoms with Gasteiger partial charge >= 0.3 is 6.18 Å². The summed E-state index contributed by atoms with van der Waals surface area (Å²) in [6.07, 6.45) is -2.95. The molecule has 0 bridgehead atoms. The number of aromatic nitrogens is 2. The van der Waals surface area contributed by atoms with Crippen LogP contribution < -0.4 is 5.32 Å². The Bertz CT molecular complexity index is 1010. The number of aryl methyl sites for hydroxylation is 1. The molecule has 3 aliphatic rings. The van der Waals surface area contributed by atoms with Crippen LogP contribution in [-0.4, -0.2) is 66.7 Å². The van der Waals surface area contributed by atoms with E-state index in [9.17, 15) is 17.6 Å². The van der Waals surface area contributed by atoms with Gasteiger partial charge < -0.3 is 19.7 Å². The van der Waals surface area contributed by atoms with Gasteiger partial charge in [0.05, 0.1) is 31.6 Å². The first kappa shape index (κ1) is 23.4. The Balaban J connectivity index is 1.26.